The van der Waals surface area contributed by atoms with E-state index in [1.54, 1.807) is 6.20 Å². The third kappa shape index (κ3) is 1.56. The first-order valence-corrected chi connectivity index (χ1v) is 5.41. The van der Waals surface area contributed by atoms with Gasteiger partial charge in [0.2, 0.25) is 5.95 Å². The van der Waals surface area contributed by atoms with Crippen LogP contribution < -0.4 is 5.73 Å². The molecule has 1 aliphatic carbocycles. The van der Waals surface area contributed by atoms with Crippen LogP contribution in [0, 0.1) is 5.92 Å². The highest BCUT2D eigenvalue weighted by Crippen LogP contribution is 2.33. The van der Waals surface area contributed by atoms with Gasteiger partial charge in [0, 0.05) is 12.7 Å². The number of nitrogens with two attached hydrogens (primary N) is 1. The Morgan fingerprint density at radius 2 is 2.33 bits per heavy atom. The topological polar surface area (TPSA) is 56.7 Å². The molecule has 2 heterocycles. The molecule has 2 aromatic heterocycles. The first kappa shape index (κ1) is 8.71. The van der Waals surface area contributed by atoms with Crippen molar-refractivity contribution in [3.63, 3.8) is 0 Å². The van der Waals surface area contributed by atoms with E-state index in [1.165, 1.54) is 19.3 Å². The molecule has 1 aliphatic rings. The van der Waals surface area contributed by atoms with E-state index in [-0.39, 0.29) is 0 Å². The van der Waals surface area contributed by atoms with Gasteiger partial charge < -0.3 is 5.73 Å². The molecular weight excluding hydrogens is 188 g/mol. The lowest BCUT2D eigenvalue weighted by Crippen LogP contribution is -2.04. The summed E-state index contributed by atoms with van der Waals surface area (Å²) in [5.41, 5.74) is 7.68. The van der Waals surface area contributed by atoms with Gasteiger partial charge in [0.15, 0.2) is 5.65 Å². The molecule has 0 bridgehead atoms. The second kappa shape index (κ2) is 3.22. The van der Waals surface area contributed by atoms with Gasteiger partial charge in [-0.05, 0) is 24.5 Å². The van der Waals surface area contributed by atoms with Crippen molar-refractivity contribution in [3.8, 4) is 0 Å². The Hall–Kier alpha value is -1.58. The van der Waals surface area contributed by atoms with Crippen molar-refractivity contribution in [2.24, 2.45) is 5.92 Å². The Morgan fingerprint density at radius 1 is 1.47 bits per heavy atom. The van der Waals surface area contributed by atoms with Gasteiger partial charge in [-0.1, -0.05) is 12.8 Å². The first-order valence-electron chi connectivity index (χ1n) is 5.41. The zero-order valence-electron chi connectivity index (χ0n) is 8.56. The molecule has 1 saturated carbocycles. The van der Waals surface area contributed by atoms with E-state index in [4.69, 9.17) is 5.73 Å². The Morgan fingerprint density at radius 3 is 3.13 bits per heavy atom. The lowest BCUT2D eigenvalue weighted by atomic mass is 10.3. The van der Waals surface area contributed by atoms with Gasteiger partial charge in [-0.2, -0.15) is 0 Å². The van der Waals surface area contributed by atoms with Crippen molar-refractivity contribution >= 4 is 17.1 Å². The van der Waals surface area contributed by atoms with Crippen LogP contribution in [0.5, 0.6) is 0 Å². The van der Waals surface area contributed by atoms with E-state index in [0.717, 1.165) is 23.6 Å². The normalized spacial score (nSPS) is 16.0. The average molecular weight is 202 g/mol. The molecule has 2 N–H and O–H groups in total. The highest BCUT2D eigenvalue weighted by molar-refractivity contribution is 5.73. The fourth-order valence-electron chi connectivity index (χ4n) is 1.91. The third-order valence-corrected chi connectivity index (χ3v) is 2.99. The number of nitrogen functional groups attached to an aromatic ring is 1. The molecule has 1 fully saturated rings. The number of rotatable bonds is 3. The van der Waals surface area contributed by atoms with E-state index in [0.29, 0.717) is 5.95 Å². The van der Waals surface area contributed by atoms with E-state index < -0.39 is 0 Å². The summed E-state index contributed by atoms with van der Waals surface area (Å²) in [4.78, 5) is 8.61. The predicted molar refractivity (Wildman–Crippen MR) is 59.3 cm³/mol. The summed E-state index contributed by atoms with van der Waals surface area (Å²) in [7, 11) is 0. The molecule has 0 atom stereocenters. The third-order valence-electron chi connectivity index (χ3n) is 2.99. The van der Waals surface area contributed by atoms with Crippen LogP contribution in [0.15, 0.2) is 18.3 Å². The SMILES string of the molecule is Nc1nc2cccnc2n1CCC1CC1. The first-order chi connectivity index (χ1) is 7.34. The molecule has 3 rings (SSSR count). The molecule has 0 radical (unpaired) electrons. The van der Waals surface area contributed by atoms with Gasteiger partial charge in [-0.15, -0.1) is 0 Å². The molecule has 4 nitrogen and oxygen atoms in total. The number of hydrogen-bond acceptors (Lipinski definition) is 3. The van der Waals surface area contributed by atoms with Crippen LogP contribution in [-0.2, 0) is 6.54 Å². The van der Waals surface area contributed by atoms with Crippen molar-refractivity contribution in [1.29, 1.82) is 0 Å². The van der Waals surface area contributed by atoms with Crippen molar-refractivity contribution in [2.75, 3.05) is 5.73 Å². The van der Waals surface area contributed by atoms with Crippen LogP contribution in [0.2, 0.25) is 0 Å². The fraction of sp³-hybridized carbons (Fsp3) is 0.455. The lowest BCUT2D eigenvalue weighted by molar-refractivity contribution is 0.611. The van der Waals surface area contributed by atoms with Gasteiger partial charge in [0.1, 0.15) is 5.52 Å². The van der Waals surface area contributed by atoms with Crippen molar-refractivity contribution in [2.45, 2.75) is 25.8 Å². The summed E-state index contributed by atoms with van der Waals surface area (Å²) in [5, 5.41) is 0. The molecule has 2 aromatic rings. The highest BCUT2D eigenvalue weighted by Gasteiger charge is 2.21. The molecule has 0 aliphatic heterocycles. The van der Waals surface area contributed by atoms with Crippen LogP contribution in [0.3, 0.4) is 0 Å². The predicted octanol–water partition coefficient (Wildman–Crippen LogP) is 1.81. The highest BCUT2D eigenvalue weighted by atomic mass is 15.2. The zero-order valence-corrected chi connectivity index (χ0v) is 8.56. The average Bonchev–Trinajstić information content (AvgIpc) is 3.00. The maximum Gasteiger partial charge on any atom is 0.202 e. The summed E-state index contributed by atoms with van der Waals surface area (Å²) in [6.07, 6.45) is 5.74. The molecule has 15 heavy (non-hydrogen) atoms. The summed E-state index contributed by atoms with van der Waals surface area (Å²) >= 11 is 0. The number of nitrogens with zero attached hydrogens (tertiary/aromatic N) is 3. The Balaban J connectivity index is 1.95. The lowest BCUT2D eigenvalue weighted by Gasteiger charge is -2.03. The number of aryl methyl sites for hydroxylation is 1. The second-order valence-corrected chi connectivity index (χ2v) is 4.20. The minimum Gasteiger partial charge on any atom is -0.369 e. The molecule has 4 heteroatoms. The largest absolute Gasteiger partial charge is 0.369 e. The number of imidazole rings is 1. The molecule has 0 amide bonds. The summed E-state index contributed by atoms with van der Waals surface area (Å²) in [5.74, 6) is 1.50. The minimum atomic E-state index is 0.587. The molecular formula is C11H14N4. The number of aromatic nitrogens is 3. The summed E-state index contributed by atoms with van der Waals surface area (Å²) in [6.45, 7) is 0.948. The Bertz CT molecular complexity index is 484. The molecule has 0 aromatic carbocycles. The second-order valence-electron chi connectivity index (χ2n) is 4.20. The van der Waals surface area contributed by atoms with Gasteiger partial charge in [0.25, 0.3) is 0 Å². The quantitative estimate of drug-likeness (QED) is 0.825. The monoisotopic (exact) mass is 202 g/mol. The smallest absolute Gasteiger partial charge is 0.202 e. The van der Waals surface area contributed by atoms with Gasteiger partial charge in [0.05, 0.1) is 0 Å². The number of fused-ring (bicyclic) bond motifs is 1. The van der Waals surface area contributed by atoms with Crippen molar-refractivity contribution < 1.29 is 0 Å². The molecule has 78 valence electrons. The maximum absolute atomic E-state index is 5.87. The van der Waals surface area contributed by atoms with Gasteiger partial charge in [-0.3, -0.25) is 4.57 Å². The van der Waals surface area contributed by atoms with Crippen molar-refractivity contribution in [3.05, 3.63) is 18.3 Å². The molecule has 0 unspecified atom stereocenters. The van der Waals surface area contributed by atoms with Crippen LogP contribution in [0.1, 0.15) is 19.3 Å². The minimum absolute atomic E-state index is 0.587. The molecule has 0 saturated heterocycles. The number of hydrogen-bond donors (Lipinski definition) is 1. The van der Waals surface area contributed by atoms with E-state index in [1.807, 2.05) is 16.7 Å². The molecule has 0 spiro atoms. The fourth-order valence-corrected chi connectivity index (χ4v) is 1.91. The number of anilines is 1. The van der Waals surface area contributed by atoms with Crippen molar-refractivity contribution in [1.82, 2.24) is 14.5 Å². The standard InChI is InChI=1S/C11H14N4/c12-11-14-9-2-1-6-13-10(9)15(11)7-5-8-3-4-8/h1-2,6,8H,3-5,7H2,(H2,12,14). The number of pyridine rings is 1. The van der Waals surface area contributed by atoms with Crippen LogP contribution in [0.25, 0.3) is 11.2 Å². The maximum atomic E-state index is 5.87. The Kier molecular flexibility index (Phi) is 1.87. The van der Waals surface area contributed by atoms with Crippen LogP contribution in [0.4, 0.5) is 5.95 Å². The van der Waals surface area contributed by atoms with E-state index >= 15 is 0 Å². The summed E-state index contributed by atoms with van der Waals surface area (Å²) in [6, 6.07) is 3.84. The van der Waals surface area contributed by atoms with Crippen LogP contribution in [-0.4, -0.2) is 14.5 Å². The van der Waals surface area contributed by atoms with E-state index in [2.05, 4.69) is 9.97 Å². The zero-order chi connectivity index (χ0) is 10.3. The van der Waals surface area contributed by atoms with Gasteiger partial charge in [-0.25, -0.2) is 9.97 Å². The Labute approximate surface area is 88.1 Å². The van der Waals surface area contributed by atoms with E-state index in [9.17, 15) is 0 Å². The van der Waals surface area contributed by atoms with Gasteiger partial charge >= 0.3 is 0 Å². The summed E-state index contributed by atoms with van der Waals surface area (Å²) < 4.78 is 2.02. The van der Waals surface area contributed by atoms with Crippen LogP contribution >= 0.6 is 0 Å².